The Kier molecular flexibility index (Phi) is 5.99. The van der Waals surface area contributed by atoms with Crippen LogP contribution >= 0.6 is 11.8 Å². The summed E-state index contributed by atoms with van der Waals surface area (Å²) in [6.07, 6.45) is 0. The maximum Gasteiger partial charge on any atom is 0.355 e. The number of ketones is 1. The van der Waals surface area contributed by atoms with Gasteiger partial charge in [0.15, 0.2) is 5.78 Å². The fraction of sp³-hybridized carbons (Fsp3) is 0.300. The number of Topliss-reactive ketones (excluding diaryl/α,β-unsaturated/α-hetero) is 1. The Morgan fingerprint density at radius 1 is 1.21 bits per heavy atom. The summed E-state index contributed by atoms with van der Waals surface area (Å²) in [4.78, 5) is 27.6. The van der Waals surface area contributed by atoms with Gasteiger partial charge in [-0.15, -0.1) is 10.2 Å². The number of ether oxygens (including phenoxy) is 1. The molecule has 0 aliphatic heterocycles. The minimum atomic E-state index is -0.463. The van der Waals surface area contributed by atoms with Crippen molar-refractivity contribution in [2.75, 3.05) is 12.4 Å². The lowest BCUT2D eigenvalue weighted by Gasteiger charge is -2.02. The first-order valence-electron chi connectivity index (χ1n) is 8.83. The van der Waals surface area contributed by atoms with Crippen LogP contribution in [-0.4, -0.2) is 39.3 Å². The summed E-state index contributed by atoms with van der Waals surface area (Å²) in [6, 6.07) is 7.75. The van der Waals surface area contributed by atoms with E-state index in [0.29, 0.717) is 33.6 Å². The molecule has 3 rings (SSSR count). The second-order valence-corrected chi connectivity index (χ2v) is 7.23. The normalized spacial score (nSPS) is 10.9. The first kappa shape index (κ1) is 19.9. The number of rotatable bonds is 7. The van der Waals surface area contributed by atoms with E-state index < -0.39 is 5.97 Å². The predicted octanol–water partition coefficient (Wildman–Crippen LogP) is 4.14. The number of esters is 1. The zero-order valence-electron chi connectivity index (χ0n) is 16.2. The van der Waals surface area contributed by atoms with Crippen molar-refractivity contribution >= 4 is 23.5 Å². The van der Waals surface area contributed by atoms with Crippen molar-refractivity contribution in [3.63, 3.8) is 0 Å². The van der Waals surface area contributed by atoms with Gasteiger partial charge in [0.1, 0.15) is 5.69 Å². The van der Waals surface area contributed by atoms with E-state index in [1.807, 2.05) is 31.2 Å². The van der Waals surface area contributed by atoms with Gasteiger partial charge in [0.25, 0.3) is 5.22 Å². The molecule has 0 bridgehead atoms. The number of aromatic nitrogens is 3. The van der Waals surface area contributed by atoms with Crippen LogP contribution in [0, 0.1) is 20.8 Å². The molecule has 3 aromatic rings. The highest BCUT2D eigenvalue weighted by atomic mass is 32.2. The molecule has 2 aromatic heterocycles. The summed E-state index contributed by atoms with van der Waals surface area (Å²) in [6.45, 7) is 7.49. The molecule has 0 amide bonds. The molecule has 0 unspecified atom stereocenters. The third-order valence-corrected chi connectivity index (χ3v) is 5.01. The van der Waals surface area contributed by atoms with E-state index in [1.54, 1.807) is 20.8 Å². The Balaban J connectivity index is 1.71. The molecule has 7 nitrogen and oxygen atoms in total. The standard InChI is InChI=1S/C20H21N3O4S/c1-5-26-19(25)17-12(3)16(13(4)21-17)15(24)10-28-20-23-22-18(27-20)14-8-6-7-11(2)9-14/h6-9,21H,5,10H2,1-4H3. The van der Waals surface area contributed by atoms with Gasteiger partial charge in [0.2, 0.25) is 5.89 Å². The van der Waals surface area contributed by atoms with Gasteiger partial charge in [-0.25, -0.2) is 4.79 Å². The second kappa shape index (κ2) is 8.43. The zero-order valence-corrected chi connectivity index (χ0v) is 17.0. The minimum Gasteiger partial charge on any atom is -0.461 e. The molecule has 8 heteroatoms. The van der Waals surface area contributed by atoms with E-state index in [2.05, 4.69) is 15.2 Å². The maximum atomic E-state index is 12.7. The first-order valence-corrected chi connectivity index (χ1v) is 9.82. The predicted molar refractivity (Wildman–Crippen MR) is 106 cm³/mol. The zero-order chi connectivity index (χ0) is 20.3. The van der Waals surface area contributed by atoms with Crippen molar-refractivity contribution in [3.05, 3.63) is 52.3 Å². The molecular formula is C20H21N3O4S. The summed E-state index contributed by atoms with van der Waals surface area (Å²) < 4.78 is 10.7. The highest BCUT2D eigenvalue weighted by Crippen LogP contribution is 2.26. The van der Waals surface area contributed by atoms with Crippen molar-refractivity contribution in [2.24, 2.45) is 0 Å². The van der Waals surface area contributed by atoms with Gasteiger partial charge in [-0.2, -0.15) is 0 Å². The number of H-pyrrole nitrogens is 1. The van der Waals surface area contributed by atoms with Crippen LogP contribution in [0.5, 0.6) is 0 Å². The van der Waals surface area contributed by atoms with Crippen molar-refractivity contribution in [2.45, 2.75) is 32.9 Å². The average molecular weight is 399 g/mol. The number of nitrogens with one attached hydrogen (secondary N) is 1. The number of benzene rings is 1. The highest BCUT2D eigenvalue weighted by molar-refractivity contribution is 7.99. The maximum absolute atomic E-state index is 12.7. The van der Waals surface area contributed by atoms with Gasteiger partial charge in [0, 0.05) is 16.8 Å². The highest BCUT2D eigenvalue weighted by Gasteiger charge is 2.23. The third kappa shape index (κ3) is 4.17. The van der Waals surface area contributed by atoms with E-state index >= 15 is 0 Å². The van der Waals surface area contributed by atoms with Crippen molar-refractivity contribution in [1.29, 1.82) is 0 Å². The molecule has 0 saturated carbocycles. The Morgan fingerprint density at radius 2 is 2.00 bits per heavy atom. The van der Waals surface area contributed by atoms with Gasteiger partial charge in [-0.1, -0.05) is 29.5 Å². The van der Waals surface area contributed by atoms with Crippen molar-refractivity contribution < 1.29 is 18.7 Å². The Labute approximate surface area is 166 Å². The number of hydrogen-bond donors (Lipinski definition) is 1. The molecule has 1 aromatic carbocycles. The van der Waals surface area contributed by atoms with Crippen LogP contribution in [0.1, 0.15) is 44.6 Å². The van der Waals surface area contributed by atoms with Crippen molar-refractivity contribution in [1.82, 2.24) is 15.2 Å². The molecule has 1 N–H and O–H groups in total. The lowest BCUT2D eigenvalue weighted by Crippen LogP contribution is -2.08. The molecule has 0 fully saturated rings. The van der Waals surface area contributed by atoms with Crippen LogP contribution in [0.4, 0.5) is 0 Å². The number of aromatic amines is 1. The molecule has 2 heterocycles. The van der Waals surface area contributed by atoms with Gasteiger partial charge < -0.3 is 14.1 Å². The molecule has 146 valence electrons. The van der Waals surface area contributed by atoms with Gasteiger partial charge >= 0.3 is 5.97 Å². The van der Waals surface area contributed by atoms with Crippen LogP contribution in [-0.2, 0) is 4.74 Å². The number of carbonyl (C=O) groups is 2. The van der Waals surface area contributed by atoms with E-state index in [0.717, 1.165) is 11.1 Å². The SMILES string of the molecule is CCOC(=O)c1[nH]c(C)c(C(=O)CSc2nnc(-c3cccc(C)c3)o2)c1C. The molecule has 28 heavy (non-hydrogen) atoms. The number of carbonyl (C=O) groups excluding carboxylic acids is 2. The number of nitrogens with zero attached hydrogens (tertiary/aromatic N) is 2. The topological polar surface area (TPSA) is 98.1 Å². The molecular weight excluding hydrogens is 378 g/mol. The second-order valence-electron chi connectivity index (χ2n) is 6.30. The van der Waals surface area contributed by atoms with E-state index in [4.69, 9.17) is 9.15 Å². The largest absolute Gasteiger partial charge is 0.461 e. The first-order chi connectivity index (χ1) is 13.4. The lowest BCUT2D eigenvalue weighted by atomic mass is 10.1. The summed E-state index contributed by atoms with van der Waals surface area (Å²) in [5, 5.41) is 8.37. The molecule has 0 radical (unpaired) electrons. The van der Waals surface area contributed by atoms with Crippen molar-refractivity contribution in [3.8, 4) is 11.5 Å². The summed E-state index contributed by atoms with van der Waals surface area (Å²) in [5.74, 6) is -0.0501. The summed E-state index contributed by atoms with van der Waals surface area (Å²) in [7, 11) is 0. The van der Waals surface area contributed by atoms with Gasteiger partial charge in [-0.05, 0) is 45.4 Å². The van der Waals surface area contributed by atoms with Crippen LogP contribution in [0.3, 0.4) is 0 Å². The Bertz CT molecular complexity index is 1020. The van der Waals surface area contributed by atoms with Gasteiger partial charge in [-0.3, -0.25) is 4.79 Å². The molecule has 0 atom stereocenters. The molecule has 0 aliphatic carbocycles. The quantitative estimate of drug-likeness (QED) is 0.362. The van der Waals surface area contributed by atoms with E-state index in [9.17, 15) is 9.59 Å². The average Bonchev–Trinajstić information content (AvgIpc) is 3.24. The molecule has 0 aliphatic rings. The molecule has 0 saturated heterocycles. The summed E-state index contributed by atoms with van der Waals surface area (Å²) in [5.41, 5.74) is 3.96. The fourth-order valence-corrected chi connectivity index (χ4v) is 3.57. The number of aryl methyl sites for hydroxylation is 2. The number of hydrogen-bond acceptors (Lipinski definition) is 7. The van der Waals surface area contributed by atoms with Crippen LogP contribution in [0.15, 0.2) is 33.9 Å². The smallest absolute Gasteiger partial charge is 0.355 e. The van der Waals surface area contributed by atoms with E-state index in [1.165, 1.54) is 11.8 Å². The van der Waals surface area contributed by atoms with Gasteiger partial charge in [0.05, 0.1) is 12.4 Å². The van der Waals surface area contributed by atoms with E-state index in [-0.39, 0.29) is 18.1 Å². The monoisotopic (exact) mass is 399 g/mol. The molecule has 0 spiro atoms. The number of thioether (sulfide) groups is 1. The lowest BCUT2D eigenvalue weighted by molar-refractivity contribution is 0.0519. The third-order valence-electron chi connectivity index (χ3n) is 4.19. The summed E-state index contributed by atoms with van der Waals surface area (Å²) >= 11 is 1.17. The minimum absolute atomic E-state index is 0.122. The Hall–Kier alpha value is -2.87. The van der Waals surface area contributed by atoms with Crippen LogP contribution in [0.2, 0.25) is 0 Å². The Morgan fingerprint density at radius 3 is 2.71 bits per heavy atom. The van der Waals surface area contributed by atoms with Crippen LogP contribution in [0.25, 0.3) is 11.5 Å². The fourth-order valence-electron chi connectivity index (χ4n) is 2.94. The van der Waals surface area contributed by atoms with Crippen LogP contribution < -0.4 is 0 Å².